The van der Waals surface area contributed by atoms with Crippen molar-refractivity contribution in [2.75, 3.05) is 5.32 Å². The molecule has 0 spiro atoms. The number of hydrogen-bond acceptors (Lipinski definition) is 2. The van der Waals surface area contributed by atoms with E-state index in [1.165, 1.54) is 16.5 Å². The number of aromatic nitrogens is 2. The average Bonchev–Trinajstić information content (AvgIpc) is 2.46. The maximum atomic E-state index is 4.14. The fourth-order valence-corrected chi connectivity index (χ4v) is 2.38. The van der Waals surface area contributed by atoms with Gasteiger partial charge in [-0.05, 0) is 30.2 Å². The topological polar surface area (TPSA) is 39.1 Å². The molecule has 0 atom stereocenters. The second kappa shape index (κ2) is 5.29. The summed E-state index contributed by atoms with van der Waals surface area (Å²) in [5.74, 6) is 0. The Bertz CT molecular complexity index is 736. The van der Waals surface area contributed by atoms with Gasteiger partial charge in [-0.15, -0.1) is 0 Å². The van der Waals surface area contributed by atoms with Crippen LogP contribution in [-0.4, -0.2) is 4.98 Å². The Kier molecular flexibility index (Phi) is 3.33. The van der Waals surface area contributed by atoms with Crippen LogP contribution in [0.1, 0.15) is 16.8 Å². The minimum atomic E-state index is 0.778. The molecule has 0 amide bonds. The Balaban J connectivity index is 1.96. The molecule has 0 aliphatic carbocycles. The number of H-pyrrole nitrogens is 1. The van der Waals surface area contributed by atoms with Crippen LogP contribution in [0.4, 0.5) is 5.69 Å². The molecule has 2 heterocycles. The maximum absolute atomic E-state index is 4.14. The summed E-state index contributed by atoms with van der Waals surface area (Å²) in [6.07, 6.45) is 3.69. The zero-order valence-electron chi connectivity index (χ0n) is 11.8. The van der Waals surface area contributed by atoms with E-state index in [2.05, 4.69) is 59.5 Å². The largest absolute Gasteiger partial charge is 0.380 e. The molecule has 0 saturated heterocycles. The number of aryl methyl sites for hydroxylation is 2. The molecule has 0 saturated carbocycles. The SMILES string of the molecule is Cc1ccc2[nH+]c(C)cc(NCc3cccnc3)c2c1. The third kappa shape index (κ3) is 2.62. The molecule has 3 aromatic rings. The molecule has 0 radical (unpaired) electrons. The van der Waals surface area contributed by atoms with Crippen molar-refractivity contribution in [3.8, 4) is 0 Å². The average molecular weight is 264 g/mol. The van der Waals surface area contributed by atoms with Gasteiger partial charge < -0.3 is 5.32 Å². The lowest BCUT2D eigenvalue weighted by Gasteiger charge is -2.08. The third-order valence-corrected chi connectivity index (χ3v) is 3.36. The molecule has 1 aromatic carbocycles. The molecule has 0 aliphatic heterocycles. The van der Waals surface area contributed by atoms with Gasteiger partial charge in [-0.2, -0.15) is 0 Å². The Morgan fingerprint density at radius 1 is 1.15 bits per heavy atom. The summed E-state index contributed by atoms with van der Waals surface area (Å²) in [5.41, 5.74) is 5.90. The molecule has 3 heteroatoms. The van der Waals surface area contributed by atoms with E-state index in [0.717, 1.165) is 23.4 Å². The number of fused-ring (bicyclic) bond motifs is 1. The first kappa shape index (κ1) is 12.6. The number of aromatic amines is 1. The first-order valence-corrected chi connectivity index (χ1v) is 6.78. The summed E-state index contributed by atoms with van der Waals surface area (Å²) in [6, 6.07) is 12.7. The van der Waals surface area contributed by atoms with Crippen molar-refractivity contribution in [1.82, 2.24) is 4.98 Å². The van der Waals surface area contributed by atoms with Gasteiger partial charge in [0, 0.05) is 38.0 Å². The number of benzene rings is 1. The van der Waals surface area contributed by atoms with E-state index in [9.17, 15) is 0 Å². The molecule has 0 aliphatic rings. The molecule has 2 aromatic heterocycles. The molecule has 0 fully saturated rings. The van der Waals surface area contributed by atoms with Crippen LogP contribution in [0, 0.1) is 13.8 Å². The Morgan fingerprint density at radius 2 is 2.05 bits per heavy atom. The van der Waals surface area contributed by atoms with Crippen molar-refractivity contribution in [3.63, 3.8) is 0 Å². The minimum absolute atomic E-state index is 0.778. The van der Waals surface area contributed by atoms with E-state index in [1.807, 2.05) is 12.3 Å². The molecule has 100 valence electrons. The number of rotatable bonds is 3. The van der Waals surface area contributed by atoms with Crippen molar-refractivity contribution >= 4 is 16.6 Å². The van der Waals surface area contributed by atoms with Crippen LogP contribution >= 0.6 is 0 Å². The molecule has 3 nitrogen and oxygen atoms in total. The van der Waals surface area contributed by atoms with Gasteiger partial charge in [0.2, 0.25) is 5.52 Å². The molecule has 0 unspecified atom stereocenters. The second-order valence-corrected chi connectivity index (χ2v) is 5.13. The summed E-state index contributed by atoms with van der Waals surface area (Å²) < 4.78 is 0. The zero-order valence-corrected chi connectivity index (χ0v) is 11.8. The molecular formula is C17H18N3+. The van der Waals surface area contributed by atoms with E-state index in [-0.39, 0.29) is 0 Å². The summed E-state index contributed by atoms with van der Waals surface area (Å²) in [5, 5.41) is 4.73. The van der Waals surface area contributed by atoms with Gasteiger partial charge in [-0.1, -0.05) is 12.1 Å². The normalized spacial score (nSPS) is 10.7. The molecular weight excluding hydrogens is 246 g/mol. The van der Waals surface area contributed by atoms with Gasteiger partial charge in [0.15, 0.2) is 5.69 Å². The van der Waals surface area contributed by atoms with E-state index >= 15 is 0 Å². The van der Waals surface area contributed by atoms with Gasteiger partial charge in [0.25, 0.3) is 0 Å². The van der Waals surface area contributed by atoms with Crippen molar-refractivity contribution in [3.05, 3.63) is 65.6 Å². The Hall–Kier alpha value is -2.42. The van der Waals surface area contributed by atoms with Crippen LogP contribution in [0.25, 0.3) is 10.9 Å². The zero-order chi connectivity index (χ0) is 13.9. The predicted molar refractivity (Wildman–Crippen MR) is 81.5 cm³/mol. The maximum Gasteiger partial charge on any atom is 0.213 e. The minimum Gasteiger partial charge on any atom is -0.380 e. The van der Waals surface area contributed by atoms with E-state index < -0.39 is 0 Å². The smallest absolute Gasteiger partial charge is 0.213 e. The summed E-state index contributed by atoms with van der Waals surface area (Å²) >= 11 is 0. The lowest BCUT2D eigenvalue weighted by atomic mass is 10.1. The number of pyridine rings is 2. The van der Waals surface area contributed by atoms with Crippen LogP contribution in [0.2, 0.25) is 0 Å². The van der Waals surface area contributed by atoms with Crippen molar-refractivity contribution in [1.29, 1.82) is 0 Å². The van der Waals surface area contributed by atoms with Crippen LogP contribution < -0.4 is 10.3 Å². The fraction of sp³-hybridized carbons (Fsp3) is 0.176. The monoisotopic (exact) mass is 264 g/mol. The predicted octanol–water partition coefficient (Wildman–Crippen LogP) is 3.28. The number of hydrogen-bond donors (Lipinski definition) is 1. The number of anilines is 1. The van der Waals surface area contributed by atoms with Crippen LogP contribution in [0.5, 0.6) is 0 Å². The van der Waals surface area contributed by atoms with E-state index in [4.69, 9.17) is 0 Å². The first-order chi connectivity index (χ1) is 9.72. The van der Waals surface area contributed by atoms with Gasteiger partial charge >= 0.3 is 0 Å². The van der Waals surface area contributed by atoms with E-state index in [0.29, 0.717) is 0 Å². The first-order valence-electron chi connectivity index (χ1n) is 6.78. The fourth-order valence-electron chi connectivity index (χ4n) is 2.38. The summed E-state index contributed by atoms with van der Waals surface area (Å²) in [7, 11) is 0. The van der Waals surface area contributed by atoms with Crippen LogP contribution in [0.3, 0.4) is 0 Å². The number of nitrogens with zero attached hydrogens (tertiary/aromatic N) is 1. The Labute approximate surface area is 118 Å². The van der Waals surface area contributed by atoms with Crippen LogP contribution in [-0.2, 0) is 6.54 Å². The standard InChI is InChI=1S/C17H17N3/c1-12-5-6-16-15(8-12)17(9-13(2)20-16)19-11-14-4-3-7-18-10-14/h3-10H,11H2,1-2H3,(H,19,20)/p+1. The highest BCUT2D eigenvalue weighted by molar-refractivity contribution is 5.89. The Morgan fingerprint density at radius 3 is 2.85 bits per heavy atom. The van der Waals surface area contributed by atoms with Gasteiger partial charge in [-0.25, -0.2) is 4.98 Å². The molecule has 2 N–H and O–H groups in total. The van der Waals surface area contributed by atoms with Crippen molar-refractivity contribution in [2.45, 2.75) is 20.4 Å². The van der Waals surface area contributed by atoms with Crippen molar-refractivity contribution in [2.24, 2.45) is 0 Å². The van der Waals surface area contributed by atoms with E-state index in [1.54, 1.807) is 6.20 Å². The van der Waals surface area contributed by atoms with Crippen molar-refractivity contribution < 1.29 is 4.98 Å². The number of nitrogens with one attached hydrogen (secondary N) is 2. The molecule has 0 bridgehead atoms. The lowest BCUT2D eigenvalue weighted by Crippen LogP contribution is -2.11. The third-order valence-electron chi connectivity index (χ3n) is 3.36. The quantitative estimate of drug-likeness (QED) is 0.788. The highest BCUT2D eigenvalue weighted by atomic mass is 14.9. The molecule has 3 rings (SSSR count). The van der Waals surface area contributed by atoms with Gasteiger partial charge in [-0.3, -0.25) is 4.98 Å². The second-order valence-electron chi connectivity index (χ2n) is 5.13. The molecule has 20 heavy (non-hydrogen) atoms. The highest BCUT2D eigenvalue weighted by Gasteiger charge is 2.09. The van der Waals surface area contributed by atoms with Crippen LogP contribution in [0.15, 0.2) is 48.8 Å². The van der Waals surface area contributed by atoms with Gasteiger partial charge in [0.05, 0.1) is 11.1 Å². The summed E-state index contributed by atoms with van der Waals surface area (Å²) in [4.78, 5) is 7.55. The lowest BCUT2D eigenvalue weighted by molar-refractivity contribution is -0.354. The van der Waals surface area contributed by atoms with Gasteiger partial charge in [0.1, 0.15) is 0 Å². The summed E-state index contributed by atoms with van der Waals surface area (Å²) in [6.45, 7) is 4.97. The highest BCUT2D eigenvalue weighted by Crippen LogP contribution is 2.22.